The van der Waals surface area contributed by atoms with Crippen LogP contribution in [0, 0.1) is 0 Å². The Balaban J connectivity index is 1.91. The molecular weight excluding hydrogens is 310 g/mol. The molecule has 1 unspecified atom stereocenters. The molecule has 0 bridgehead atoms. The number of benzene rings is 2. The second-order valence-corrected chi connectivity index (χ2v) is 6.80. The third-order valence-electron chi connectivity index (χ3n) is 5.64. The number of rotatable bonds is 2. The summed E-state index contributed by atoms with van der Waals surface area (Å²) in [5.41, 5.74) is 10.5. The highest BCUT2D eigenvalue weighted by Crippen LogP contribution is 2.50. The average molecular weight is 331 g/mol. The van der Waals surface area contributed by atoms with Gasteiger partial charge in [-0.2, -0.15) is 4.73 Å². The standard InChI is InChI=1S/C22H21NO2/c1-24-19-13-15-8-4-6-10-17(15)21-20-16-9-5-3-7-14(16)11-12-18(20)23(25-2)22(19)21/h3-10,19H,11-13H2,1-2H3. The van der Waals surface area contributed by atoms with Gasteiger partial charge >= 0.3 is 0 Å². The molecule has 1 aromatic heterocycles. The van der Waals surface area contributed by atoms with Gasteiger partial charge in [-0.3, -0.25) is 0 Å². The average Bonchev–Trinajstić information content (AvgIpc) is 3.02. The maximum Gasteiger partial charge on any atom is 0.105 e. The first-order chi connectivity index (χ1) is 12.3. The van der Waals surface area contributed by atoms with Crippen LogP contribution in [0.25, 0.3) is 22.3 Å². The van der Waals surface area contributed by atoms with Crippen molar-refractivity contribution in [3.8, 4) is 22.3 Å². The van der Waals surface area contributed by atoms with Crippen LogP contribution < -0.4 is 4.84 Å². The topological polar surface area (TPSA) is 23.4 Å². The summed E-state index contributed by atoms with van der Waals surface area (Å²) in [6, 6.07) is 17.4. The molecule has 2 aromatic carbocycles. The number of aryl methyl sites for hydroxylation is 1. The smallest absolute Gasteiger partial charge is 0.105 e. The van der Waals surface area contributed by atoms with Crippen molar-refractivity contribution >= 4 is 0 Å². The molecule has 0 aliphatic heterocycles. The predicted molar refractivity (Wildman–Crippen MR) is 98.7 cm³/mol. The third kappa shape index (κ3) is 1.96. The first kappa shape index (κ1) is 14.8. The van der Waals surface area contributed by atoms with Crippen molar-refractivity contribution in [1.82, 2.24) is 4.73 Å². The van der Waals surface area contributed by atoms with E-state index in [9.17, 15) is 0 Å². The zero-order chi connectivity index (χ0) is 17.0. The highest BCUT2D eigenvalue weighted by atomic mass is 16.6. The second kappa shape index (κ2) is 5.50. The zero-order valence-corrected chi connectivity index (χ0v) is 14.6. The fourth-order valence-electron chi connectivity index (χ4n) is 4.58. The summed E-state index contributed by atoms with van der Waals surface area (Å²) < 4.78 is 7.91. The summed E-state index contributed by atoms with van der Waals surface area (Å²) in [4.78, 5) is 5.85. The van der Waals surface area contributed by atoms with Crippen molar-refractivity contribution in [3.63, 3.8) is 0 Å². The lowest BCUT2D eigenvalue weighted by Gasteiger charge is -2.26. The van der Waals surface area contributed by atoms with E-state index in [-0.39, 0.29) is 6.10 Å². The molecule has 0 amide bonds. The van der Waals surface area contributed by atoms with E-state index in [1.54, 1.807) is 14.2 Å². The van der Waals surface area contributed by atoms with Crippen molar-refractivity contribution in [2.75, 3.05) is 14.2 Å². The maximum absolute atomic E-state index is 5.88. The molecule has 3 nitrogen and oxygen atoms in total. The van der Waals surface area contributed by atoms with Crippen LogP contribution in [0.4, 0.5) is 0 Å². The van der Waals surface area contributed by atoms with Crippen LogP contribution in [-0.2, 0) is 24.0 Å². The summed E-state index contributed by atoms with van der Waals surface area (Å²) in [6.45, 7) is 0. The molecule has 5 rings (SSSR count). The number of hydrogen-bond acceptors (Lipinski definition) is 2. The molecule has 25 heavy (non-hydrogen) atoms. The van der Waals surface area contributed by atoms with Gasteiger partial charge in [0.25, 0.3) is 0 Å². The summed E-state index contributed by atoms with van der Waals surface area (Å²) in [5.74, 6) is 0. The fourth-order valence-corrected chi connectivity index (χ4v) is 4.58. The van der Waals surface area contributed by atoms with E-state index < -0.39 is 0 Å². The van der Waals surface area contributed by atoms with Gasteiger partial charge in [0, 0.05) is 24.7 Å². The van der Waals surface area contributed by atoms with Crippen LogP contribution >= 0.6 is 0 Å². The van der Waals surface area contributed by atoms with Crippen molar-refractivity contribution in [2.45, 2.75) is 25.4 Å². The summed E-state index contributed by atoms with van der Waals surface area (Å²) in [5, 5.41) is 0. The molecule has 0 fully saturated rings. The maximum atomic E-state index is 5.88. The minimum absolute atomic E-state index is 0.0163. The second-order valence-electron chi connectivity index (χ2n) is 6.80. The first-order valence-electron chi connectivity index (χ1n) is 8.84. The summed E-state index contributed by atoms with van der Waals surface area (Å²) in [7, 11) is 3.55. The molecule has 0 saturated heterocycles. The van der Waals surface area contributed by atoms with Gasteiger partial charge in [-0.05, 0) is 35.1 Å². The Kier molecular flexibility index (Phi) is 3.25. The molecule has 2 aliphatic rings. The van der Waals surface area contributed by atoms with Gasteiger partial charge in [-0.25, -0.2) is 0 Å². The van der Waals surface area contributed by atoms with Crippen LogP contribution in [-0.4, -0.2) is 19.0 Å². The molecule has 0 radical (unpaired) electrons. The lowest BCUT2D eigenvalue weighted by molar-refractivity contribution is 0.0669. The third-order valence-corrected chi connectivity index (χ3v) is 5.64. The van der Waals surface area contributed by atoms with Crippen LogP contribution in [0.1, 0.15) is 28.6 Å². The van der Waals surface area contributed by atoms with Gasteiger partial charge in [-0.15, -0.1) is 0 Å². The van der Waals surface area contributed by atoms with Crippen molar-refractivity contribution in [3.05, 3.63) is 71.0 Å². The largest absolute Gasteiger partial charge is 0.417 e. The van der Waals surface area contributed by atoms with Crippen LogP contribution in [0.15, 0.2) is 48.5 Å². The number of methoxy groups -OCH3 is 1. The van der Waals surface area contributed by atoms with E-state index in [0.29, 0.717) is 0 Å². The minimum atomic E-state index is 0.0163. The quantitative estimate of drug-likeness (QED) is 0.702. The molecule has 0 saturated carbocycles. The van der Waals surface area contributed by atoms with Crippen LogP contribution in [0.5, 0.6) is 0 Å². The molecule has 3 aromatic rings. The van der Waals surface area contributed by atoms with Gasteiger partial charge in [0.1, 0.15) is 13.2 Å². The number of fused-ring (bicyclic) bond motifs is 7. The van der Waals surface area contributed by atoms with E-state index in [0.717, 1.165) is 25.0 Å². The van der Waals surface area contributed by atoms with Gasteiger partial charge in [0.15, 0.2) is 0 Å². The van der Waals surface area contributed by atoms with Crippen molar-refractivity contribution in [2.24, 2.45) is 0 Å². The van der Waals surface area contributed by atoms with E-state index in [2.05, 4.69) is 48.5 Å². The minimum Gasteiger partial charge on any atom is -0.417 e. The molecule has 126 valence electrons. The Hall–Kier alpha value is -2.52. The van der Waals surface area contributed by atoms with E-state index >= 15 is 0 Å². The predicted octanol–water partition coefficient (Wildman–Crippen LogP) is 4.22. The molecule has 1 heterocycles. The van der Waals surface area contributed by atoms with Crippen LogP contribution in [0.3, 0.4) is 0 Å². The Morgan fingerprint density at radius 1 is 0.840 bits per heavy atom. The SMILES string of the molecule is COC1Cc2ccccc2-c2c3c(n(OC)c21)CCc1ccccc1-3. The number of hydrogen-bond donors (Lipinski definition) is 0. The Morgan fingerprint density at radius 3 is 2.24 bits per heavy atom. The monoisotopic (exact) mass is 331 g/mol. The fraction of sp³-hybridized carbons (Fsp3) is 0.273. The van der Waals surface area contributed by atoms with Gasteiger partial charge in [0.2, 0.25) is 0 Å². The number of ether oxygens (including phenoxy) is 1. The zero-order valence-electron chi connectivity index (χ0n) is 14.6. The molecule has 1 atom stereocenters. The highest BCUT2D eigenvalue weighted by Gasteiger charge is 2.36. The van der Waals surface area contributed by atoms with E-state index in [4.69, 9.17) is 9.57 Å². The van der Waals surface area contributed by atoms with Crippen molar-refractivity contribution < 1.29 is 9.57 Å². The number of nitrogens with zero attached hydrogens (tertiary/aromatic N) is 1. The van der Waals surface area contributed by atoms with Crippen LogP contribution in [0.2, 0.25) is 0 Å². The Labute approximate surface area is 147 Å². The number of aromatic nitrogens is 1. The van der Waals surface area contributed by atoms with E-state index in [1.165, 1.54) is 39.1 Å². The summed E-state index contributed by atoms with van der Waals surface area (Å²) in [6.07, 6.45) is 2.94. The lowest BCUT2D eigenvalue weighted by atomic mass is 9.81. The molecule has 2 aliphatic carbocycles. The summed E-state index contributed by atoms with van der Waals surface area (Å²) >= 11 is 0. The van der Waals surface area contributed by atoms with E-state index in [1.807, 2.05) is 4.73 Å². The lowest BCUT2D eigenvalue weighted by Crippen LogP contribution is -2.21. The molecule has 3 heteroatoms. The molecule has 0 spiro atoms. The normalized spacial score (nSPS) is 17.3. The Bertz CT molecular complexity index is 970. The van der Waals surface area contributed by atoms with Gasteiger partial charge < -0.3 is 9.57 Å². The molecular formula is C22H21NO2. The first-order valence-corrected chi connectivity index (χ1v) is 8.84. The Morgan fingerprint density at radius 2 is 1.52 bits per heavy atom. The van der Waals surface area contributed by atoms with Gasteiger partial charge in [-0.1, -0.05) is 48.5 Å². The molecule has 0 N–H and O–H groups in total. The van der Waals surface area contributed by atoms with Crippen molar-refractivity contribution in [1.29, 1.82) is 0 Å². The van der Waals surface area contributed by atoms with Gasteiger partial charge in [0.05, 0.1) is 11.4 Å². The highest BCUT2D eigenvalue weighted by molar-refractivity contribution is 5.92.